The van der Waals surface area contributed by atoms with Gasteiger partial charge in [-0.25, -0.2) is 4.99 Å². The molecule has 2 heterocycles. The van der Waals surface area contributed by atoms with E-state index in [9.17, 15) is 4.79 Å². The number of hydrogen-bond acceptors (Lipinski definition) is 5. The number of carbonyl (C=O) groups excluding carboxylic acids is 1. The van der Waals surface area contributed by atoms with Crippen molar-refractivity contribution in [2.75, 3.05) is 0 Å². The largest absolute Gasteiger partial charge is 0.370 e. The van der Waals surface area contributed by atoms with Crippen LogP contribution in [0.2, 0.25) is 0 Å². The van der Waals surface area contributed by atoms with Crippen molar-refractivity contribution in [1.82, 2.24) is 10.7 Å². The Bertz CT molecular complexity index is 258. The fourth-order valence-electron chi connectivity index (χ4n) is 1.07. The van der Waals surface area contributed by atoms with E-state index in [-0.39, 0.29) is 24.0 Å². The highest BCUT2D eigenvalue weighted by Crippen LogP contribution is 2.11. The molecule has 6 nitrogen and oxygen atoms in total. The highest BCUT2D eigenvalue weighted by atomic mass is 16.2. The lowest BCUT2D eigenvalue weighted by Crippen LogP contribution is -2.50. The van der Waals surface area contributed by atoms with Crippen LogP contribution in [0.5, 0.6) is 0 Å². The van der Waals surface area contributed by atoms with Gasteiger partial charge in [0.2, 0.25) is 5.91 Å². The van der Waals surface area contributed by atoms with E-state index in [1.165, 1.54) is 6.21 Å². The molecule has 0 unspecified atom stereocenters. The summed E-state index contributed by atoms with van der Waals surface area (Å²) in [4.78, 5) is 15.0. The van der Waals surface area contributed by atoms with Crippen LogP contribution in [-0.2, 0) is 4.79 Å². The standard InChI is InChI=1S/C5H7N5O/c6-5-8-3-2(1-7-10-3)4(11)9-5/h1-3,10H,(H3,6,8,9,11)/t2-,3-/m0/s1. The molecular weight excluding hydrogens is 146 g/mol. The number of fused-ring (bicyclic) bond motifs is 1. The Morgan fingerprint density at radius 2 is 2.45 bits per heavy atom. The predicted molar refractivity (Wildman–Crippen MR) is 38.7 cm³/mol. The molecule has 0 fully saturated rings. The van der Waals surface area contributed by atoms with E-state index in [2.05, 4.69) is 20.8 Å². The van der Waals surface area contributed by atoms with E-state index in [0.717, 1.165) is 0 Å². The molecule has 0 aliphatic carbocycles. The molecule has 0 bridgehead atoms. The van der Waals surface area contributed by atoms with Gasteiger partial charge in [0, 0.05) is 6.21 Å². The number of guanidine groups is 1. The molecule has 4 N–H and O–H groups in total. The molecule has 2 atom stereocenters. The number of aliphatic imine (C=N–C) groups is 1. The van der Waals surface area contributed by atoms with Crippen LogP contribution < -0.4 is 16.5 Å². The topological polar surface area (TPSA) is 91.9 Å². The quantitative estimate of drug-likeness (QED) is 0.374. The molecule has 58 valence electrons. The van der Waals surface area contributed by atoms with Gasteiger partial charge in [0.1, 0.15) is 5.92 Å². The van der Waals surface area contributed by atoms with Crippen molar-refractivity contribution in [1.29, 1.82) is 0 Å². The minimum absolute atomic E-state index is 0.147. The number of nitrogens with two attached hydrogens (primary N) is 1. The van der Waals surface area contributed by atoms with Crippen LogP contribution in [0, 0.1) is 5.92 Å². The Balaban J connectivity index is 2.30. The number of nitrogens with zero attached hydrogens (tertiary/aromatic N) is 2. The van der Waals surface area contributed by atoms with Gasteiger partial charge in [-0.05, 0) is 0 Å². The maximum absolute atomic E-state index is 11.1. The zero-order chi connectivity index (χ0) is 7.84. The number of hydrazone groups is 1. The molecule has 0 radical (unpaired) electrons. The third kappa shape index (κ3) is 0.830. The third-order valence-corrected chi connectivity index (χ3v) is 1.61. The summed E-state index contributed by atoms with van der Waals surface area (Å²) in [5.41, 5.74) is 7.96. The van der Waals surface area contributed by atoms with Crippen molar-refractivity contribution in [2.24, 2.45) is 21.7 Å². The van der Waals surface area contributed by atoms with E-state index in [0.29, 0.717) is 0 Å². The summed E-state index contributed by atoms with van der Waals surface area (Å²) >= 11 is 0. The molecule has 0 saturated carbocycles. The average Bonchev–Trinajstić information content (AvgIpc) is 2.34. The first-order valence-electron chi connectivity index (χ1n) is 3.20. The molecular formula is C5H7N5O. The van der Waals surface area contributed by atoms with Gasteiger partial charge < -0.3 is 5.73 Å². The van der Waals surface area contributed by atoms with Gasteiger partial charge in [-0.3, -0.25) is 15.5 Å². The van der Waals surface area contributed by atoms with Crippen molar-refractivity contribution < 1.29 is 4.79 Å². The van der Waals surface area contributed by atoms with Crippen molar-refractivity contribution >= 4 is 18.1 Å². The maximum Gasteiger partial charge on any atom is 0.239 e. The van der Waals surface area contributed by atoms with Gasteiger partial charge in [0.15, 0.2) is 12.1 Å². The first kappa shape index (κ1) is 6.14. The summed E-state index contributed by atoms with van der Waals surface area (Å²) < 4.78 is 0. The lowest BCUT2D eigenvalue weighted by molar-refractivity contribution is -0.122. The molecule has 2 aliphatic rings. The second-order valence-corrected chi connectivity index (χ2v) is 2.38. The molecule has 2 rings (SSSR count). The Morgan fingerprint density at radius 3 is 3.27 bits per heavy atom. The summed E-state index contributed by atoms with van der Waals surface area (Å²) in [6, 6.07) is 0. The van der Waals surface area contributed by atoms with Gasteiger partial charge in [0.25, 0.3) is 0 Å². The molecule has 0 saturated heterocycles. The molecule has 6 heteroatoms. The number of nitrogens with one attached hydrogen (secondary N) is 2. The highest BCUT2D eigenvalue weighted by molar-refractivity contribution is 6.06. The van der Waals surface area contributed by atoms with E-state index in [4.69, 9.17) is 5.73 Å². The van der Waals surface area contributed by atoms with Gasteiger partial charge in [-0.2, -0.15) is 5.10 Å². The van der Waals surface area contributed by atoms with Gasteiger partial charge in [-0.1, -0.05) is 0 Å². The number of hydrogen-bond donors (Lipinski definition) is 3. The second-order valence-electron chi connectivity index (χ2n) is 2.38. The Labute approximate surface area is 62.5 Å². The van der Waals surface area contributed by atoms with Crippen LogP contribution in [0.4, 0.5) is 0 Å². The van der Waals surface area contributed by atoms with Crippen LogP contribution in [-0.4, -0.2) is 24.2 Å². The van der Waals surface area contributed by atoms with E-state index < -0.39 is 0 Å². The molecule has 0 aromatic heterocycles. The highest BCUT2D eigenvalue weighted by Gasteiger charge is 2.34. The van der Waals surface area contributed by atoms with Crippen molar-refractivity contribution in [3.8, 4) is 0 Å². The Kier molecular flexibility index (Phi) is 1.09. The monoisotopic (exact) mass is 153 g/mol. The normalized spacial score (nSPS) is 33.8. The molecule has 2 aliphatic heterocycles. The molecule has 11 heavy (non-hydrogen) atoms. The molecule has 1 amide bonds. The summed E-state index contributed by atoms with van der Waals surface area (Å²) in [5, 5.41) is 6.12. The first-order chi connectivity index (χ1) is 5.27. The van der Waals surface area contributed by atoms with Gasteiger partial charge in [-0.15, -0.1) is 0 Å². The average molecular weight is 153 g/mol. The summed E-state index contributed by atoms with van der Waals surface area (Å²) in [7, 11) is 0. The SMILES string of the molecule is NC1=N[C@H]2NN=C[C@@H]2C(=O)N1. The molecule has 0 aromatic rings. The van der Waals surface area contributed by atoms with Crippen LogP contribution in [0.3, 0.4) is 0 Å². The van der Waals surface area contributed by atoms with Crippen molar-refractivity contribution in [2.45, 2.75) is 6.17 Å². The molecule has 0 aromatic carbocycles. The summed E-state index contributed by atoms with van der Waals surface area (Å²) in [6.07, 6.45) is 1.22. The third-order valence-electron chi connectivity index (χ3n) is 1.61. The summed E-state index contributed by atoms with van der Waals surface area (Å²) in [5.74, 6) is -0.312. The Hall–Kier alpha value is -1.59. The lowest BCUT2D eigenvalue weighted by atomic mass is 10.1. The minimum Gasteiger partial charge on any atom is -0.370 e. The fraction of sp³-hybridized carbons (Fsp3) is 0.400. The zero-order valence-corrected chi connectivity index (χ0v) is 5.61. The van der Waals surface area contributed by atoms with Crippen LogP contribution >= 0.6 is 0 Å². The fourth-order valence-corrected chi connectivity index (χ4v) is 1.07. The van der Waals surface area contributed by atoms with Crippen LogP contribution in [0.15, 0.2) is 10.1 Å². The van der Waals surface area contributed by atoms with Crippen LogP contribution in [0.1, 0.15) is 0 Å². The van der Waals surface area contributed by atoms with Crippen molar-refractivity contribution in [3.63, 3.8) is 0 Å². The summed E-state index contributed by atoms with van der Waals surface area (Å²) in [6.45, 7) is 0. The maximum atomic E-state index is 11.1. The number of carbonyl (C=O) groups is 1. The Morgan fingerprint density at radius 1 is 1.64 bits per heavy atom. The number of rotatable bonds is 0. The zero-order valence-electron chi connectivity index (χ0n) is 5.61. The first-order valence-corrected chi connectivity index (χ1v) is 3.20. The number of amides is 1. The van der Waals surface area contributed by atoms with Gasteiger partial charge in [0.05, 0.1) is 0 Å². The van der Waals surface area contributed by atoms with Crippen LogP contribution in [0.25, 0.3) is 0 Å². The lowest BCUT2D eigenvalue weighted by Gasteiger charge is -2.19. The predicted octanol–water partition coefficient (Wildman–Crippen LogP) is -2.04. The van der Waals surface area contributed by atoms with Crippen molar-refractivity contribution in [3.05, 3.63) is 0 Å². The van der Waals surface area contributed by atoms with E-state index in [1.54, 1.807) is 0 Å². The van der Waals surface area contributed by atoms with Gasteiger partial charge >= 0.3 is 0 Å². The molecule has 0 spiro atoms. The minimum atomic E-state index is -0.303. The second kappa shape index (κ2) is 1.94. The van der Waals surface area contributed by atoms with E-state index >= 15 is 0 Å². The van der Waals surface area contributed by atoms with E-state index in [1.807, 2.05) is 0 Å². The smallest absolute Gasteiger partial charge is 0.239 e.